The van der Waals surface area contributed by atoms with Gasteiger partial charge in [-0.2, -0.15) is 0 Å². The van der Waals surface area contributed by atoms with E-state index in [4.69, 9.17) is 5.73 Å². The summed E-state index contributed by atoms with van der Waals surface area (Å²) in [5.41, 5.74) is 7.36. The van der Waals surface area contributed by atoms with Gasteiger partial charge in [0.1, 0.15) is 5.82 Å². The molecule has 3 rings (SSSR count). The molecule has 0 amide bonds. The Kier molecular flexibility index (Phi) is 4.11. The molecule has 1 aromatic carbocycles. The first-order valence-corrected chi connectivity index (χ1v) is 7.16. The lowest BCUT2D eigenvalue weighted by molar-refractivity contribution is 0.510. The van der Waals surface area contributed by atoms with Crippen molar-refractivity contribution in [3.8, 4) is 11.4 Å². The van der Waals surface area contributed by atoms with E-state index in [0.717, 1.165) is 24.5 Å². The van der Waals surface area contributed by atoms with Crippen LogP contribution < -0.4 is 5.73 Å². The molecule has 114 valence electrons. The Labute approximate surface area is 126 Å². The minimum atomic E-state index is -0.892. The molecule has 0 bridgehead atoms. The molecule has 2 N–H and O–H groups in total. The van der Waals surface area contributed by atoms with Crippen LogP contribution >= 0.6 is 0 Å². The molecule has 0 saturated carbocycles. The van der Waals surface area contributed by atoms with E-state index in [-0.39, 0.29) is 0 Å². The quantitative estimate of drug-likeness (QED) is 0.737. The van der Waals surface area contributed by atoms with Gasteiger partial charge in [-0.05, 0) is 31.5 Å². The van der Waals surface area contributed by atoms with E-state index in [9.17, 15) is 8.78 Å². The third-order valence-electron chi connectivity index (χ3n) is 3.55. The number of pyridine rings is 1. The Morgan fingerprint density at radius 2 is 1.95 bits per heavy atom. The summed E-state index contributed by atoms with van der Waals surface area (Å²) in [4.78, 5) is 8.53. The van der Waals surface area contributed by atoms with Crippen LogP contribution in [0, 0.1) is 11.6 Å². The van der Waals surface area contributed by atoms with Crippen molar-refractivity contribution >= 4 is 11.0 Å². The van der Waals surface area contributed by atoms with Crippen molar-refractivity contribution in [1.29, 1.82) is 0 Å². The fourth-order valence-corrected chi connectivity index (χ4v) is 2.48. The first-order valence-electron chi connectivity index (χ1n) is 7.16. The number of fused-ring (bicyclic) bond motifs is 1. The van der Waals surface area contributed by atoms with Crippen molar-refractivity contribution in [1.82, 2.24) is 14.5 Å². The molecule has 3 aromatic rings. The number of rotatable bonds is 5. The van der Waals surface area contributed by atoms with Gasteiger partial charge >= 0.3 is 0 Å². The van der Waals surface area contributed by atoms with Crippen LogP contribution in [0.15, 0.2) is 36.7 Å². The molecule has 2 heterocycles. The monoisotopic (exact) mass is 302 g/mol. The van der Waals surface area contributed by atoms with Crippen LogP contribution in [-0.4, -0.2) is 21.1 Å². The highest BCUT2D eigenvalue weighted by atomic mass is 19.2. The van der Waals surface area contributed by atoms with Gasteiger partial charge in [-0.25, -0.2) is 13.8 Å². The van der Waals surface area contributed by atoms with Crippen molar-refractivity contribution in [3.05, 3.63) is 48.3 Å². The Morgan fingerprint density at radius 3 is 2.68 bits per heavy atom. The highest BCUT2D eigenvalue weighted by Crippen LogP contribution is 2.26. The Morgan fingerprint density at radius 1 is 1.14 bits per heavy atom. The van der Waals surface area contributed by atoms with Crippen molar-refractivity contribution in [2.45, 2.75) is 19.4 Å². The van der Waals surface area contributed by atoms with Crippen LogP contribution in [0.2, 0.25) is 0 Å². The molecule has 0 aliphatic heterocycles. The van der Waals surface area contributed by atoms with Crippen LogP contribution in [0.25, 0.3) is 22.4 Å². The van der Waals surface area contributed by atoms with E-state index in [1.165, 1.54) is 6.07 Å². The maximum absolute atomic E-state index is 13.6. The van der Waals surface area contributed by atoms with Crippen molar-refractivity contribution in [2.24, 2.45) is 5.73 Å². The molecule has 0 saturated heterocycles. The Balaban J connectivity index is 2.15. The number of benzene rings is 1. The molecule has 0 spiro atoms. The third kappa shape index (κ3) is 2.69. The van der Waals surface area contributed by atoms with Crippen molar-refractivity contribution in [3.63, 3.8) is 0 Å². The van der Waals surface area contributed by atoms with Gasteiger partial charge < -0.3 is 10.3 Å². The van der Waals surface area contributed by atoms with Crippen LogP contribution in [0.1, 0.15) is 12.8 Å². The van der Waals surface area contributed by atoms with Gasteiger partial charge in [0, 0.05) is 36.6 Å². The highest BCUT2D eigenvalue weighted by molar-refractivity contribution is 5.80. The van der Waals surface area contributed by atoms with E-state index in [0.29, 0.717) is 29.9 Å². The number of aryl methyl sites for hydroxylation is 1. The molecule has 0 aliphatic carbocycles. The molecular weight excluding hydrogens is 286 g/mol. The standard InChI is InChI=1S/C16H16F2N4/c17-12-8-14-15(9-13(12)18)22(7-2-1-5-19)16(21-14)11-4-3-6-20-10-11/h3-4,6,8-10H,1-2,5,7,19H2. The zero-order chi connectivity index (χ0) is 15.5. The van der Waals surface area contributed by atoms with Crippen LogP contribution in [0.3, 0.4) is 0 Å². The van der Waals surface area contributed by atoms with Gasteiger partial charge in [0.25, 0.3) is 0 Å². The van der Waals surface area contributed by atoms with Gasteiger partial charge in [-0.15, -0.1) is 0 Å². The fourth-order valence-electron chi connectivity index (χ4n) is 2.48. The van der Waals surface area contributed by atoms with Gasteiger partial charge in [0.2, 0.25) is 0 Å². The number of nitrogens with two attached hydrogens (primary N) is 1. The topological polar surface area (TPSA) is 56.7 Å². The molecule has 2 aromatic heterocycles. The summed E-state index contributed by atoms with van der Waals surface area (Å²) >= 11 is 0. The maximum atomic E-state index is 13.6. The van der Waals surface area contributed by atoms with E-state index in [2.05, 4.69) is 9.97 Å². The lowest BCUT2D eigenvalue weighted by atomic mass is 10.2. The molecule has 0 atom stereocenters. The predicted octanol–water partition coefficient (Wildman–Crippen LogP) is 3.12. The average molecular weight is 302 g/mol. The third-order valence-corrected chi connectivity index (χ3v) is 3.55. The van der Waals surface area contributed by atoms with E-state index in [1.807, 2.05) is 10.6 Å². The summed E-state index contributed by atoms with van der Waals surface area (Å²) < 4.78 is 28.9. The molecule has 4 nitrogen and oxygen atoms in total. The minimum Gasteiger partial charge on any atom is -0.330 e. The number of aromatic nitrogens is 3. The normalized spacial score (nSPS) is 11.2. The minimum absolute atomic E-state index is 0.436. The second kappa shape index (κ2) is 6.19. The summed E-state index contributed by atoms with van der Waals surface area (Å²) in [6, 6.07) is 6.00. The molecule has 0 radical (unpaired) electrons. The van der Waals surface area contributed by atoms with Crippen LogP contribution in [0.5, 0.6) is 0 Å². The molecule has 0 fully saturated rings. The molecular formula is C16H16F2N4. The number of hydrogen-bond acceptors (Lipinski definition) is 3. The zero-order valence-corrected chi connectivity index (χ0v) is 12.0. The number of nitrogens with zero attached hydrogens (tertiary/aromatic N) is 3. The lowest BCUT2D eigenvalue weighted by Gasteiger charge is -2.09. The van der Waals surface area contributed by atoms with Crippen molar-refractivity contribution in [2.75, 3.05) is 6.54 Å². The smallest absolute Gasteiger partial charge is 0.161 e. The molecule has 6 heteroatoms. The van der Waals surface area contributed by atoms with Crippen LogP contribution in [-0.2, 0) is 6.54 Å². The number of halogens is 2. The zero-order valence-electron chi connectivity index (χ0n) is 12.0. The first kappa shape index (κ1) is 14.6. The Bertz CT molecular complexity index is 784. The van der Waals surface area contributed by atoms with E-state index < -0.39 is 11.6 Å². The highest BCUT2D eigenvalue weighted by Gasteiger charge is 2.15. The van der Waals surface area contributed by atoms with E-state index >= 15 is 0 Å². The van der Waals surface area contributed by atoms with E-state index in [1.54, 1.807) is 18.5 Å². The van der Waals surface area contributed by atoms with Gasteiger partial charge in [0.05, 0.1) is 11.0 Å². The Hall–Kier alpha value is -2.34. The van der Waals surface area contributed by atoms with Crippen LogP contribution in [0.4, 0.5) is 8.78 Å². The second-order valence-corrected chi connectivity index (χ2v) is 5.08. The lowest BCUT2D eigenvalue weighted by Crippen LogP contribution is -2.05. The van der Waals surface area contributed by atoms with Crippen molar-refractivity contribution < 1.29 is 8.78 Å². The summed E-state index contributed by atoms with van der Waals surface area (Å²) in [6.07, 6.45) is 5.06. The summed E-state index contributed by atoms with van der Waals surface area (Å²) in [5, 5.41) is 0. The largest absolute Gasteiger partial charge is 0.330 e. The second-order valence-electron chi connectivity index (χ2n) is 5.08. The number of unbranched alkanes of at least 4 members (excludes halogenated alkanes) is 1. The first-order chi connectivity index (χ1) is 10.7. The van der Waals surface area contributed by atoms with Gasteiger partial charge in [-0.1, -0.05) is 0 Å². The SMILES string of the molecule is NCCCCn1c(-c2cccnc2)nc2cc(F)c(F)cc21. The predicted molar refractivity (Wildman–Crippen MR) is 81.2 cm³/mol. The maximum Gasteiger partial charge on any atom is 0.161 e. The molecule has 0 aliphatic rings. The van der Waals surface area contributed by atoms with Gasteiger partial charge in [0.15, 0.2) is 11.6 Å². The summed E-state index contributed by atoms with van der Waals surface area (Å²) in [7, 11) is 0. The number of imidazole rings is 1. The summed E-state index contributed by atoms with van der Waals surface area (Å²) in [5.74, 6) is -1.10. The van der Waals surface area contributed by atoms with Gasteiger partial charge in [-0.3, -0.25) is 4.98 Å². The summed E-state index contributed by atoms with van der Waals surface area (Å²) in [6.45, 7) is 1.24. The fraction of sp³-hybridized carbons (Fsp3) is 0.250. The molecule has 0 unspecified atom stereocenters. The number of hydrogen-bond donors (Lipinski definition) is 1. The molecule has 22 heavy (non-hydrogen) atoms. The average Bonchev–Trinajstić information content (AvgIpc) is 2.87.